The number of fused-ring (bicyclic) bond motifs is 1. The summed E-state index contributed by atoms with van der Waals surface area (Å²) in [6.07, 6.45) is 4.30. The average molecular weight is 488 g/mol. The Bertz CT molecular complexity index is 1310. The number of nitrogens with zero attached hydrogens (tertiary/aromatic N) is 2. The number of alkyl halides is 2. The summed E-state index contributed by atoms with van der Waals surface area (Å²) < 4.78 is 77.0. The number of halogens is 5. The van der Waals surface area contributed by atoms with Gasteiger partial charge in [-0.3, -0.25) is 0 Å². The van der Waals surface area contributed by atoms with Crippen LogP contribution < -0.4 is 9.47 Å². The standard InChI is InChI=1S/C26H21F5N2O2/c1-2-9-34-19-13-32-25(33-14-19)18-7-8-20-17(12-18)6-5-16(23(20)29)4-3-15-10-21(27)24(22(28)11-15)35-26(30)31/h5-8,10-14,26H,2-4,9H2,1H3. The monoisotopic (exact) mass is 488 g/mol. The van der Waals surface area contributed by atoms with Crippen LogP contribution in [0.4, 0.5) is 22.0 Å². The molecule has 0 aliphatic carbocycles. The maximum Gasteiger partial charge on any atom is 0.387 e. The van der Waals surface area contributed by atoms with Crippen LogP contribution in [0.15, 0.2) is 54.9 Å². The molecule has 0 unspecified atom stereocenters. The van der Waals surface area contributed by atoms with Gasteiger partial charge in [0.2, 0.25) is 0 Å². The van der Waals surface area contributed by atoms with Crippen LogP contribution in [0, 0.1) is 17.5 Å². The van der Waals surface area contributed by atoms with E-state index < -0.39 is 29.8 Å². The lowest BCUT2D eigenvalue weighted by molar-refractivity contribution is -0.0546. The quantitative estimate of drug-likeness (QED) is 0.241. The lowest BCUT2D eigenvalue weighted by Crippen LogP contribution is -2.06. The molecule has 0 saturated carbocycles. The van der Waals surface area contributed by atoms with Crippen LogP contribution in [-0.2, 0) is 12.8 Å². The lowest BCUT2D eigenvalue weighted by Gasteiger charge is -2.11. The molecule has 0 saturated heterocycles. The van der Waals surface area contributed by atoms with E-state index >= 15 is 4.39 Å². The van der Waals surface area contributed by atoms with Crippen LogP contribution in [0.1, 0.15) is 24.5 Å². The first-order valence-corrected chi connectivity index (χ1v) is 10.9. The van der Waals surface area contributed by atoms with Crippen molar-refractivity contribution in [1.82, 2.24) is 9.97 Å². The Labute approximate surface area is 198 Å². The van der Waals surface area contributed by atoms with Gasteiger partial charge in [-0.25, -0.2) is 23.1 Å². The molecule has 0 spiro atoms. The van der Waals surface area contributed by atoms with Crippen LogP contribution in [0.5, 0.6) is 11.5 Å². The van der Waals surface area contributed by atoms with Gasteiger partial charge in [-0.1, -0.05) is 31.2 Å². The molecule has 9 heteroatoms. The van der Waals surface area contributed by atoms with Crippen molar-refractivity contribution in [3.8, 4) is 22.9 Å². The first kappa shape index (κ1) is 24.4. The van der Waals surface area contributed by atoms with Gasteiger partial charge in [0, 0.05) is 10.9 Å². The molecule has 0 radical (unpaired) electrons. The third-order valence-corrected chi connectivity index (χ3v) is 5.34. The zero-order valence-electron chi connectivity index (χ0n) is 18.7. The van der Waals surface area contributed by atoms with Crippen molar-refractivity contribution in [2.75, 3.05) is 6.61 Å². The molecular formula is C26H21F5N2O2. The Kier molecular flexibility index (Phi) is 7.43. The Hall–Kier alpha value is -3.75. The summed E-state index contributed by atoms with van der Waals surface area (Å²) in [5.41, 5.74) is 1.26. The highest BCUT2D eigenvalue weighted by Gasteiger charge is 2.17. The SMILES string of the molecule is CCCOc1cnc(-c2ccc3c(F)c(CCc4cc(F)c(OC(F)F)c(F)c4)ccc3c2)nc1. The Morgan fingerprint density at radius 3 is 2.26 bits per heavy atom. The summed E-state index contributed by atoms with van der Waals surface area (Å²) in [4.78, 5) is 8.61. The van der Waals surface area contributed by atoms with Crippen molar-refractivity contribution in [1.29, 1.82) is 0 Å². The van der Waals surface area contributed by atoms with E-state index in [0.29, 0.717) is 40.1 Å². The van der Waals surface area contributed by atoms with E-state index in [1.807, 2.05) is 6.92 Å². The number of rotatable bonds is 9. The number of aromatic nitrogens is 2. The number of benzene rings is 3. The fraction of sp³-hybridized carbons (Fsp3) is 0.231. The normalized spacial score (nSPS) is 11.3. The van der Waals surface area contributed by atoms with Crippen LogP contribution in [0.25, 0.3) is 22.2 Å². The topological polar surface area (TPSA) is 44.2 Å². The zero-order valence-corrected chi connectivity index (χ0v) is 18.7. The largest absolute Gasteiger partial charge is 0.490 e. The van der Waals surface area contributed by atoms with E-state index in [1.54, 1.807) is 42.7 Å². The minimum absolute atomic E-state index is 0.101. The van der Waals surface area contributed by atoms with E-state index in [9.17, 15) is 17.6 Å². The maximum atomic E-state index is 15.1. The highest BCUT2D eigenvalue weighted by atomic mass is 19.3. The van der Waals surface area contributed by atoms with Gasteiger partial charge in [0.15, 0.2) is 29.0 Å². The van der Waals surface area contributed by atoms with Crippen LogP contribution in [0.2, 0.25) is 0 Å². The predicted octanol–water partition coefficient (Wildman–Crippen LogP) is 6.89. The smallest absolute Gasteiger partial charge is 0.387 e. The van der Waals surface area contributed by atoms with Crippen molar-refractivity contribution in [3.05, 3.63) is 83.4 Å². The van der Waals surface area contributed by atoms with Gasteiger partial charge < -0.3 is 9.47 Å². The van der Waals surface area contributed by atoms with Crippen LogP contribution in [-0.4, -0.2) is 23.2 Å². The molecule has 0 fully saturated rings. The third kappa shape index (κ3) is 5.67. The van der Waals surface area contributed by atoms with Gasteiger partial charge in [-0.05, 0) is 54.0 Å². The average Bonchev–Trinajstić information content (AvgIpc) is 2.84. The number of hydrogen-bond acceptors (Lipinski definition) is 4. The highest BCUT2D eigenvalue weighted by Crippen LogP contribution is 2.29. The van der Waals surface area contributed by atoms with E-state index in [4.69, 9.17) is 4.74 Å². The first-order chi connectivity index (χ1) is 16.9. The molecule has 1 heterocycles. The fourth-order valence-electron chi connectivity index (χ4n) is 3.67. The molecule has 4 aromatic rings. The van der Waals surface area contributed by atoms with Crippen molar-refractivity contribution < 1.29 is 31.4 Å². The second kappa shape index (κ2) is 10.7. The van der Waals surface area contributed by atoms with Gasteiger partial charge in [0.05, 0.1) is 19.0 Å². The van der Waals surface area contributed by atoms with E-state index in [-0.39, 0.29) is 18.4 Å². The number of ether oxygens (including phenoxy) is 2. The fourth-order valence-corrected chi connectivity index (χ4v) is 3.67. The zero-order chi connectivity index (χ0) is 24.9. The summed E-state index contributed by atoms with van der Waals surface area (Å²) in [5.74, 6) is -3.01. The van der Waals surface area contributed by atoms with Crippen molar-refractivity contribution in [3.63, 3.8) is 0 Å². The molecule has 0 N–H and O–H groups in total. The molecule has 182 valence electrons. The summed E-state index contributed by atoms with van der Waals surface area (Å²) in [5, 5.41) is 1.02. The summed E-state index contributed by atoms with van der Waals surface area (Å²) >= 11 is 0. The molecule has 35 heavy (non-hydrogen) atoms. The molecule has 3 aromatic carbocycles. The number of aryl methyl sites for hydroxylation is 2. The van der Waals surface area contributed by atoms with Crippen molar-refractivity contribution in [2.24, 2.45) is 0 Å². The Morgan fingerprint density at radius 2 is 1.60 bits per heavy atom. The third-order valence-electron chi connectivity index (χ3n) is 5.34. The molecule has 0 aliphatic rings. The van der Waals surface area contributed by atoms with Gasteiger partial charge in [-0.15, -0.1) is 0 Å². The van der Waals surface area contributed by atoms with E-state index in [1.165, 1.54) is 0 Å². The van der Waals surface area contributed by atoms with Gasteiger partial charge >= 0.3 is 6.61 Å². The molecule has 4 rings (SSSR count). The Balaban J connectivity index is 1.51. The first-order valence-electron chi connectivity index (χ1n) is 10.9. The maximum absolute atomic E-state index is 15.1. The molecule has 0 aliphatic heterocycles. The van der Waals surface area contributed by atoms with E-state index in [0.717, 1.165) is 18.6 Å². The van der Waals surface area contributed by atoms with Crippen molar-refractivity contribution in [2.45, 2.75) is 32.8 Å². The lowest BCUT2D eigenvalue weighted by atomic mass is 9.98. The second-order valence-electron chi connectivity index (χ2n) is 7.83. The minimum Gasteiger partial charge on any atom is -0.490 e. The van der Waals surface area contributed by atoms with Crippen LogP contribution >= 0.6 is 0 Å². The molecule has 1 aromatic heterocycles. The number of hydrogen-bond donors (Lipinski definition) is 0. The predicted molar refractivity (Wildman–Crippen MR) is 121 cm³/mol. The Morgan fingerprint density at radius 1 is 0.886 bits per heavy atom. The van der Waals surface area contributed by atoms with E-state index in [2.05, 4.69) is 14.7 Å². The van der Waals surface area contributed by atoms with Gasteiger partial charge in [-0.2, -0.15) is 8.78 Å². The summed E-state index contributed by atoms with van der Waals surface area (Å²) in [6, 6.07) is 10.3. The second-order valence-corrected chi connectivity index (χ2v) is 7.83. The summed E-state index contributed by atoms with van der Waals surface area (Å²) in [6.45, 7) is -0.773. The van der Waals surface area contributed by atoms with Gasteiger partial charge in [0.25, 0.3) is 0 Å². The molecule has 0 bridgehead atoms. The van der Waals surface area contributed by atoms with Gasteiger partial charge in [0.1, 0.15) is 5.82 Å². The molecule has 0 amide bonds. The van der Waals surface area contributed by atoms with Crippen molar-refractivity contribution >= 4 is 10.8 Å². The molecule has 4 nitrogen and oxygen atoms in total. The van der Waals surface area contributed by atoms with Crippen LogP contribution in [0.3, 0.4) is 0 Å². The minimum atomic E-state index is -3.34. The molecule has 0 atom stereocenters. The molecular weight excluding hydrogens is 467 g/mol. The highest BCUT2D eigenvalue weighted by molar-refractivity contribution is 5.87. The summed E-state index contributed by atoms with van der Waals surface area (Å²) in [7, 11) is 0.